The van der Waals surface area contributed by atoms with Crippen LogP contribution in [-0.4, -0.2) is 43.8 Å². The Hall–Kier alpha value is -4.57. The average molecular weight is 567 g/mol. The monoisotopic (exact) mass is 566 g/mol. The number of benzene rings is 3. The summed E-state index contributed by atoms with van der Waals surface area (Å²) < 4.78 is 16.8. The molecule has 0 spiro atoms. The van der Waals surface area contributed by atoms with Gasteiger partial charge in [0.1, 0.15) is 5.75 Å². The summed E-state index contributed by atoms with van der Waals surface area (Å²) in [5, 5.41) is 9.55. The lowest BCUT2D eigenvalue weighted by Gasteiger charge is -2.12. The van der Waals surface area contributed by atoms with Gasteiger partial charge < -0.3 is 24.8 Å². The SMILES string of the molecule is CCCCOc1ccc(NC(=O)C(=O)N/N=C\c2ccc(OCC(=O)Nc3cccc(Cl)c3)c(OCC)c2)cc1. The van der Waals surface area contributed by atoms with Crippen molar-refractivity contribution in [3.8, 4) is 17.2 Å². The van der Waals surface area contributed by atoms with Crippen LogP contribution in [0, 0.1) is 0 Å². The molecule has 0 radical (unpaired) electrons. The molecule has 3 rings (SSSR count). The predicted octanol–water partition coefficient (Wildman–Crippen LogP) is 5.02. The van der Waals surface area contributed by atoms with Crippen LogP contribution in [0.2, 0.25) is 5.02 Å². The maximum absolute atomic E-state index is 12.3. The lowest BCUT2D eigenvalue weighted by Crippen LogP contribution is -2.32. The number of ether oxygens (including phenoxy) is 3. The number of hydrogen-bond acceptors (Lipinski definition) is 7. The first-order valence-corrected chi connectivity index (χ1v) is 13.1. The van der Waals surface area contributed by atoms with E-state index >= 15 is 0 Å². The van der Waals surface area contributed by atoms with Crippen LogP contribution in [0.25, 0.3) is 0 Å². The molecule has 40 heavy (non-hydrogen) atoms. The van der Waals surface area contributed by atoms with Crippen molar-refractivity contribution in [3.05, 3.63) is 77.3 Å². The highest BCUT2D eigenvalue weighted by atomic mass is 35.5. The van der Waals surface area contributed by atoms with Crippen molar-refractivity contribution < 1.29 is 28.6 Å². The molecule has 3 amide bonds. The first-order valence-electron chi connectivity index (χ1n) is 12.7. The number of anilines is 2. The molecular formula is C29H31ClN4O6. The second-order valence-electron chi connectivity index (χ2n) is 8.37. The summed E-state index contributed by atoms with van der Waals surface area (Å²) in [6, 6.07) is 18.4. The maximum atomic E-state index is 12.3. The molecule has 10 nitrogen and oxygen atoms in total. The van der Waals surface area contributed by atoms with Crippen molar-refractivity contribution in [2.75, 3.05) is 30.5 Å². The fourth-order valence-corrected chi connectivity index (χ4v) is 3.46. The summed E-state index contributed by atoms with van der Waals surface area (Å²) in [6.45, 7) is 4.61. The Labute approximate surface area is 237 Å². The van der Waals surface area contributed by atoms with E-state index in [-0.39, 0.29) is 12.5 Å². The summed E-state index contributed by atoms with van der Waals surface area (Å²) in [5.74, 6) is -0.753. The number of unbranched alkanes of at least 4 members (excludes halogenated alkanes) is 1. The zero-order valence-corrected chi connectivity index (χ0v) is 23.0. The van der Waals surface area contributed by atoms with Gasteiger partial charge in [-0.15, -0.1) is 0 Å². The number of amides is 3. The van der Waals surface area contributed by atoms with Gasteiger partial charge in [-0.25, -0.2) is 5.43 Å². The maximum Gasteiger partial charge on any atom is 0.329 e. The van der Waals surface area contributed by atoms with Gasteiger partial charge in [0, 0.05) is 16.4 Å². The largest absolute Gasteiger partial charge is 0.494 e. The Kier molecular flexibility index (Phi) is 11.8. The summed E-state index contributed by atoms with van der Waals surface area (Å²) in [6.07, 6.45) is 3.34. The second-order valence-corrected chi connectivity index (χ2v) is 8.80. The number of halogens is 1. The van der Waals surface area contributed by atoms with Crippen LogP contribution < -0.4 is 30.3 Å². The highest BCUT2D eigenvalue weighted by Crippen LogP contribution is 2.28. The van der Waals surface area contributed by atoms with E-state index in [1.165, 1.54) is 6.21 Å². The molecule has 0 heterocycles. The van der Waals surface area contributed by atoms with E-state index in [9.17, 15) is 14.4 Å². The van der Waals surface area contributed by atoms with Crippen molar-refractivity contribution in [1.82, 2.24) is 5.43 Å². The standard InChI is InChI=1S/C29H31ClN4O6/c1-3-5-15-39-24-12-10-22(11-13-24)33-28(36)29(37)34-31-18-20-9-14-25(26(16-20)38-4-2)40-19-27(35)32-23-8-6-7-21(30)17-23/h6-14,16-18H,3-5,15,19H2,1-2H3,(H,32,35)(H,33,36)(H,34,37)/b31-18-. The second kappa shape index (κ2) is 15.7. The van der Waals surface area contributed by atoms with E-state index in [1.807, 2.05) is 6.92 Å². The van der Waals surface area contributed by atoms with E-state index in [2.05, 4.69) is 28.1 Å². The molecule has 11 heteroatoms. The third kappa shape index (κ3) is 9.95. The van der Waals surface area contributed by atoms with Crippen LogP contribution in [0.1, 0.15) is 32.3 Å². The van der Waals surface area contributed by atoms with E-state index in [0.717, 1.165) is 12.8 Å². The zero-order valence-electron chi connectivity index (χ0n) is 22.2. The molecule has 3 aromatic rings. The van der Waals surface area contributed by atoms with Crippen LogP contribution >= 0.6 is 11.6 Å². The molecule has 0 aliphatic heterocycles. The van der Waals surface area contributed by atoms with Crippen molar-refractivity contribution in [1.29, 1.82) is 0 Å². The number of rotatable bonds is 13. The van der Waals surface area contributed by atoms with Gasteiger partial charge in [-0.2, -0.15) is 5.10 Å². The van der Waals surface area contributed by atoms with E-state index < -0.39 is 11.8 Å². The van der Waals surface area contributed by atoms with Crippen LogP contribution in [0.3, 0.4) is 0 Å². The lowest BCUT2D eigenvalue weighted by atomic mass is 10.2. The molecule has 3 N–H and O–H groups in total. The van der Waals surface area contributed by atoms with Crippen molar-refractivity contribution in [2.24, 2.45) is 5.10 Å². The lowest BCUT2D eigenvalue weighted by molar-refractivity contribution is -0.136. The Balaban J connectivity index is 1.50. The van der Waals surface area contributed by atoms with Gasteiger partial charge in [0.2, 0.25) is 0 Å². The van der Waals surface area contributed by atoms with E-state index in [1.54, 1.807) is 66.7 Å². The number of hydrogen-bond donors (Lipinski definition) is 3. The van der Waals surface area contributed by atoms with Gasteiger partial charge in [0.05, 0.1) is 19.4 Å². The topological polar surface area (TPSA) is 127 Å². The summed E-state index contributed by atoms with van der Waals surface area (Å²) >= 11 is 5.94. The molecule has 0 aliphatic rings. The fraction of sp³-hybridized carbons (Fsp3) is 0.241. The smallest absolute Gasteiger partial charge is 0.329 e. The molecule has 0 bridgehead atoms. The minimum Gasteiger partial charge on any atom is -0.494 e. The molecular weight excluding hydrogens is 536 g/mol. The number of nitrogens with one attached hydrogen (secondary N) is 3. The quantitative estimate of drug-likeness (QED) is 0.115. The van der Waals surface area contributed by atoms with Crippen LogP contribution in [0.4, 0.5) is 11.4 Å². The summed E-state index contributed by atoms with van der Waals surface area (Å²) in [7, 11) is 0. The third-order valence-corrected chi connectivity index (χ3v) is 5.43. The minimum atomic E-state index is -0.935. The fourth-order valence-electron chi connectivity index (χ4n) is 3.27. The van der Waals surface area contributed by atoms with Gasteiger partial charge in [-0.05, 0) is 79.6 Å². The van der Waals surface area contributed by atoms with Crippen molar-refractivity contribution in [3.63, 3.8) is 0 Å². The van der Waals surface area contributed by atoms with Gasteiger partial charge in [-0.1, -0.05) is 31.0 Å². The highest BCUT2D eigenvalue weighted by molar-refractivity contribution is 6.39. The Morgan fingerprint density at radius 1 is 0.850 bits per heavy atom. The predicted molar refractivity (Wildman–Crippen MR) is 154 cm³/mol. The highest BCUT2D eigenvalue weighted by Gasteiger charge is 2.13. The van der Waals surface area contributed by atoms with E-state index in [4.69, 9.17) is 25.8 Å². The van der Waals surface area contributed by atoms with Crippen LogP contribution in [0.15, 0.2) is 71.8 Å². The molecule has 0 saturated carbocycles. The summed E-state index contributed by atoms with van der Waals surface area (Å²) in [4.78, 5) is 36.6. The van der Waals surface area contributed by atoms with Crippen molar-refractivity contribution >= 4 is 46.9 Å². The Morgan fingerprint density at radius 2 is 1.65 bits per heavy atom. The molecule has 0 aliphatic carbocycles. The first kappa shape index (κ1) is 30.0. The third-order valence-electron chi connectivity index (χ3n) is 5.20. The van der Waals surface area contributed by atoms with Gasteiger partial charge in [0.15, 0.2) is 18.1 Å². The molecule has 0 atom stereocenters. The normalized spacial score (nSPS) is 10.6. The number of hydrazone groups is 1. The molecule has 0 aromatic heterocycles. The Morgan fingerprint density at radius 3 is 2.38 bits per heavy atom. The minimum absolute atomic E-state index is 0.250. The molecule has 0 saturated heterocycles. The molecule has 0 unspecified atom stereocenters. The average Bonchev–Trinajstić information content (AvgIpc) is 2.94. The van der Waals surface area contributed by atoms with E-state index in [0.29, 0.717) is 52.4 Å². The van der Waals surface area contributed by atoms with Crippen molar-refractivity contribution in [2.45, 2.75) is 26.7 Å². The zero-order chi connectivity index (χ0) is 28.7. The van der Waals surface area contributed by atoms with Gasteiger partial charge in [0.25, 0.3) is 5.91 Å². The van der Waals surface area contributed by atoms with Crippen LogP contribution in [0.5, 0.6) is 17.2 Å². The number of carbonyl (C=O) groups excluding carboxylic acids is 3. The van der Waals surface area contributed by atoms with Crippen LogP contribution in [-0.2, 0) is 14.4 Å². The van der Waals surface area contributed by atoms with Gasteiger partial charge in [-0.3, -0.25) is 14.4 Å². The molecule has 0 fully saturated rings. The molecule has 3 aromatic carbocycles. The Bertz CT molecular complexity index is 1330. The summed E-state index contributed by atoms with van der Waals surface area (Å²) in [5.41, 5.74) is 3.76. The van der Waals surface area contributed by atoms with Gasteiger partial charge >= 0.3 is 11.8 Å². The molecule has 210 valence electrons. The first-order chi connectivity index (χ1) is 19.4. The number of carbonyl (C=O) groups is 3. The number of nitrogens with zero attached hydrogens (tertiary/aromatic N) is 1.